The number of hydrogen-bond donors (Lipinski definition) is 2. The number of H-pyrrole nitrogens is 1. The van der Waals surface area contributed by atoms with Crippen molar-refractivity contribution in [3.63, 3.8) is 0 Å². The number of carboxylic acid groups (broad SMARTS) is 1. The van der Waals surface area contributed by atoms with Crippen molar-refractivity contribution in [3.05, 3.63) is 76.1 Å². The Bertz CT molecular complexity index is 961. The third-order valence-electron chi connectivity index (χ3n) is 4.55. The van der Waals surface area contributed by atoms with E-state index >= 15 is 0 Å². The molecule has 0 saturated carbocycles. The molecule has 7 heteroatoms. The molecule has 0 fully saturated rings. The Morgan fingerprint density at radius 3 is 2.82 bits per heavy atom. The summed E-state index contributed by atoms with van der Waals surface area (Å²) in [5.41, 5.74) is 2.74. The second-order valence-electron chi connectivity index (χ2n) is 6.61. The molecule has 0 radical (unpaired) electrons. The molecule has 0 unspecified atom stereocenters. The Morgan fingerprint density at radius 1 is 1.32 bits per heavy atom. The van der Waals surface area contributed by atoms with E-state index < -0.39 is 5.97 Å². The zero-order valence-electron chi connectivity index (χ0n) is 15.7. The van der Waals surface area contributed by atoms with Gasteiger partial charge in [0.25, 0.3) is 0 Å². The molecule has 0 amide bonds. The number of imidazole rings is 1. The number of carboxylic acids is 1. The van der Waals surface area contributed by atoms with Gasteiger partial charge in [-0.25, -0.2) is 9.78 Å². The van der Waals surface area contributed by atoms with Crippen molar-refractivity contribution >= 4 is 23.6 Å². The number of aromatic amines is 1. The second kappa shape index (κ2) is 9.37. The maximum absolute atomic E-state index is 11.8. The molecule has 0 saturated heterocycles. The molecular formula is C21H23ClN4O2. The molecule has 0 aliphatic rings. The number of nitrogens with one attached hydrogen (secondary N) is 1. The fraction of sp³-hybridized carbons (Fsp3) is 0.286. The lowest BCUT2D eigenvalue weighted by molar-refractivity contribution is -0.132. The van der Waals surface area contributed by atoms with Crippen LogP contribution in [0, 0.1) is 0 Å². The number of aliphatic carboxylic acids is 1. The summed E-state index contributed by atoms with van der Waals surface area (Å²) in [5, 5.41) is 17.0. The summed E-state index contributed by atoms with van der Waals surface area (Å²) in [6, 6.07) is 9.44. The van der Waals surface area contributed by atoms with Gasteiger partial charge in [-0.1, -0.05) is 43.1 Å². The van der Waals surface area contributed by atoms with Crippen molar-refractivity contribution < 1.29 is 9.90 Å². The van der Waals surface area contributed by atoms with E-state index in [-0.39, 0.29) is 12.0 Å². The van der Waals surface area contributed by atoms with Gasteiger partial charge in [-0.05, 0) is 30.2 Å². The molecule has 3 rings (SSSR count). The summed E-state index contributed by atoms with van der Waals surface area (Å²) in [7, 11) is 0. The molecule has 3 aromatic rings. The molecule has 0 bridgehead atoms. The molecule has 146 valence electrons. The minimum Gasteiger partial charge on any atom is -0.478 e. The lowest BCUT2D eigenvalue weighted by Gasteiger charge is -2.12. The van der Waals surface area contributed by atoms with Crippen LogP contribution in [0.3, 0.4) is 0 Å². The van der Waals surface area contributed by atoms with Gasteiger partial charge in [-0.15, -0.1) is 0 Å². The van der Waals surface area contributed by atoms with Crippen LogP contribution in [0.25, 0.3) is 6.08 Å². The fourth-order valence-corrected chi connectivity index (χ4v) is 3.21. The van der Waals surface area contributed by atoms with Gasteiger partial charge in [0.1, 0.15) is 5.82 Å². The molecule has 6 nitrogen and oxygen atoms in total. The highest BCUT2D eigenvalue weighted by Crippen LogP contribution is 2.21. The first-order valence-corrected chi connectivity index (χ1v) is 9.66. The molecule has 1 aromatic carbocycles. The Balaban J connectivity index is 1.97. The van der Waals surface area contributed by atoms with Crippen molar-refractivity contribution in [2.75, 3.05) is 0 Å². The highest BCUT2D eigenvalue weighted by atomic mass is 35.5. The van der Waals surface area contributed by atoms with Crippen LogP contribution in [0.5, 0.6) is 0 Å². The molecule has 2 heterocycles. The second-order valence-corrected chi connectivity index (χ2v) is 7.02. The first-order valence-electron chi connectivity index (χ1n) is 9.28. The van der Waals surface area contributed by atoms with Gasteiger partial charge in [0.2, 0.25) is 0 Å². The number of nitrogens with zero attached hydrogens (tertiary/aromatic N) is 3. The predicted octanol–water partition coefficient (Wildman–Crippen LogP) is 4.36. The number of unbranched alkanes of at least 4 members (excludes halogenated alkanes) is 1. The Kier molecular flexibility index (Phi) is 6.66. The van der Waals surface area contributed by atoms with Gasteiger partial charge < -0.3 is 9.67 Å². The van der Waals surface area contributed by atoms with Crippen LogP contribution in [0.1, 0.15) is 42.5 Å². The van der Waals surface area contributed by atoms with E-state index in [4.69, 9.17) is 11.6 Å². The summed E-state index contributed by atoms with van der Waals surface area (Å²) in [5.74, 6) is -0.0329. The van der Waals surface area contributed by atoms with Crippen LogP contribution < -0.4 is 0 Å². The topological polar surface area (TPSA) is 83.8 Å². The van der Waals surface area contributed by atoms with E-state index in [1.54, 1.807) is 24.5 Å². The summed E-state index contributed by atoms with van der Waals surface area (Å²) >= 11 is 6.35. The Morgan fingerprint density at radius 2 is 2.14 bits per heavy atom. The summed E-state index contributed by atoms with van der Waals surface area (Å²) < 4.78 is 2.05. The smallest absolute Gasteiger partial charge is 0.332 e. The largest absolute Gasteiger partial charge is 0.478 e. The van der Waals surface area contributed by atoms with E-state index in [1.165, 1.54) is 0 Å². The zero-order chi connectivity index (χ0) is 19.9. The molecule has 0 spiro atoms. The van der Waals surface area contributed by atoms with E-state index in [1.807, 2.05) is 28.8 Å². The predicted molar refractivity (Wildman–Crippen MR) is 109 cm³/mol. The van der Waals surface area contributed by atoms with Crippen LogP contribution in [0.15, 0.2) is 48.3 Å². The maximum Gasteiger partial charge on any atom is 0.332 e. The van der Waals surface area contributed by atoms with Crippen LogP contribution in [0.4, 0.5) is 0 Å². The Hall–Kier alpha value is -2.86. The van der Waals surface area contributed by atoms with E-state index in [9.17, 15) is 9.90 Å². The monoisotopic (exact) mass is 398 g/mol. The van der Waals surface area contributed by atoms with Crippen molar-refractivity contribution in [2.45, 2.75) is 39.2 Å². The first-order chi connectivity index (χ1) is 13.6. The average Bonchev–Trinajstić information content (AvgIpc) is 3.32. The van der Waals surface area contributed by atoms with Crippen LogP contribution in [-0.4, -0.2) is 30.8 Å². The van der Waals surface area contributed by atoms with Gasteiger partial charge in [0, 0.05) is 35.3 Å². The van der Waals surface area contributed by atoms with Crippen molar-refractivity contribution in [3.8, 4) is 0 Å². The average molecular weight is 399 g/mol. The van der Waals surface area contributed by atoms with Crippen molar-refractivity contribution in [2.24, 2.45) is 0 Å². The minimum atomic E-state index is -0.963. The van der Waals surface area contributed by atoms with Gasteiger partial charge >= 0.3 is 5.97 Å². The first kappa shape index (κ1) is 19.9. The standard InChI is InChI=1S/C21H23ClN4O2/c1-2-3-8-20-23-13-18(26(20)14-15-6-4-5-7-19(15)22)12-16(21(27)28)11-17-9-10-24-25-17/h4-7,9-10,12-13H,2-3,8,11,14H2,1H3,(H,24,25)(H,27,28). The molecule has 0 aliphatic carbocycles. The third-order valence-corrected chi connectivity index (χ3v) is 4.91. The lowest BCUT2D eigenvalue weighted by Crippen LogP contribution is -2.09. The van der Waals surface area contributed by atoms with Crippen LogP contribution >= 0.6 is 11.6 Å². The normalized spacial score (nSPS) is 11.7. The van der Waals surface area contributed by atoms with E-state index in [2.05, 4.69) is 22.1 Å². The zero-order valence-corrected chi connectivity index (χ0v) is 16.5. The summed E-state index contributed by atoms with van der Waals surface area (Å²) in [4.78, 5) is 16.3. The fourth-order valence-electron chi connectivity index (χ4n) is 3.01. The maximum atomic E-state index is 11.8. The molecule has 0 atom stereocenters. The number of aryl methyl sites for hydroxylation is 1. The Labute approximate surface area is 168 Å². The summed E-state index contributed by atoms with van der Waals surface area (Å²) in [6.07, 6.45) is 8.20. The molecular weight excluding hydrogens is 376 g/mol. The molecule has 2 N–H and O–H groups in total. The number of carbonyl (C=O) groups is 1. The molecule has 0 aliphatic heterocycles. The minimum absolute atomic E-state index is 0.261. The number of halogens is 1. The number of benzene rings is 1. The van der Waals surface area contributed by atoms with Gasteiger partial charge in [0.05, 0.1) is 18.4 Å². The lowest BCUT2D eigenvalue weighted by atomic mass is 10.1. The van der Waals surface area contributed by atoms with E-state index in [0.29, 0.717) is 11.6 Å². The third kappa shape index (κ3) is 4.89. The van der Waals surface area contributed by atoms with Crippen molar-refractivity contribution in [1.29, 1.82) is 0 Å². The van der Waals surface area contributed by atoms with Gasteiger partial charge in [-0.2, -0.15) is 5.10 Å². The number of rotatable bonds is 9. The van der Waals surface area contributed by atoms with E-state index in [0.717, 1.165) is 42.0 Å². The highest BCUT2D eigenvalue weighted by molar-refractivity contribution is 6.31. The number of hydrogen-bond acceptors (Lipinski definition) is 3. The summed E-state index contributed by atoms with van der Waals surface area (Å²) in [6.45, 7) is 2.68. The van der Waals surface area contributed by atoms with Crippen LogP contribution in [-0.2, 0) is 24.2 Å². The number of aromatic nitrogens is 4. The van der Waals surface area contributed by atoms with Crippen molar-refractivity contribution in [1.82, 2.24) is 19.7 Å². The quantitative estimate of drug-likeness (QED) is 0.524. The molecule has 2 aromatic heterocycles. The molecule has 28 heavy (non-hydrogen) atoms. The highest BCUT2D eigenvalue weighted by Gasteiger charge is 2.15. The van der Waals surface area contributed by atoms with Crippen LogP contribution in [0.2, 0.25) is 5.02 Å². The van der Waals surface area contributed by atoms with Gasteiger partial charge in [0.15, 0.2) is 0 Å². The SMILES string of the molecule is CCCCc1ncc(C=C(Cc2ccn[nH]2)C(=O)O)n1Cc1ccccc1Cl. The van der Waals surface area contributed by atoms with Gasteiger partial charge in [-0.3, -0.25) is 5.10 Å².